The molecule has 2 atom stereocenters. The van der Waals surface area contributed by atoms with Gasteiger partial charge in [0.15, 0.2) is 0 Å². The lowest BCUT2D eigenvalue weighted by atomic mass is 9.93. The highest BCUT2D eigenvalue weighted by Crippen LogP contribution is 2.30. The van der Waals surface area contributed by atoms with Crippen molar-refractivity contribution in [3.63, 3.8) is 0 Å². The van der Waals surface area contributed by atoms with Gasteiger partial charge in [-0.15, -0.1) is 0 Å². The zero-order chi connectivity index (χ0) is 14.0. The molecule has 0 heterocycles. The minimum absolute atomic E-state index is 0.0470. The molecule has 0 aliphatic rings. The van der Waals surface area contributed by atoms with Crippen molar-refractivity contribution in [2.45, 2.75) is 91.4 Å². The van der Waals surface area contributed by atoms with Crippen molar-refractivity contribution in [3.05, 3.63) is 0 Å². The van der Waals surface area contributed by atoms with Crippen LogP contribution in [-0.2, 0) is 0 Å². The fourth-order valence-electron chi connectivity index (χ4n) is 2.45. The van der Waals surface area contributed by atoms with E-state index >= 15 is 0 Å². The van der Waals surface area contributed by atoms with Crippen LogP contribution in [0.3, 0.4) is 0 Å². The smallest absolute Gasteiger partial charge is 0.207 e. The molecule has 0 bridgehead atoms. The number of alkyl halides is 2. The van der Waals surface area contributed by atoms with Crippen LogP contribution in [0.5, 0.6) is 0 Å². The second-order valence-corrected chi connectivity index (χ2v) is 6.07. The van der Waals surface area contributed by atoms with Gasteiger partial charge in [0.2, 0.25) is 5.92 Å². The molecule has 2 unspecified atom stereocenters. The first-order valence-electron chi connectivity index (χ1n) is 7.79. The van der Waals surface area contributed by atoms with E-state index in [9.17, 15) is 8.78 Å². The van der Waals surface area contributed by atoms with Gasteiger partial charge in [0, 0.05) is 12.8 Å². The zero-order valence-corrected chi connectivity index (χ0v) is 12.8. The maximum absolute atomic E-state index is 13.4. The van der Waals surface area contributed by atoms with Crippen molar-refractivity contribution in [2.24, 2.45) is 11.8 Å². The van der Waals surface area contributed by atoms with Crippen molar-refractivity contribution in [1.29, 1.82) is 0 Å². The van der Waals surface area contributed by atoms with Gasteiger partial charge in [-0.2, -0.15) is 0 Å². The zero-order valence-electron chi connectivity index (χ0n) is 12.8. The van der Waals surface area contributed by atoms with E-state index in [0.717, 1.165) is 18.8 Å². The van der Waals surface area contributed by atoms with Gasteiger partial charge in [0.1, 0.15) is 0 Å². The average molecular weight is 262 g/mol. The molecule has 0 aliphatic heterocycles. The first-order valence-corrected chi connectivity index (χ1v) is 7.79. The molecule has 0 N–H and O–H groups in total. The maximum Gasteiger partial charge on any atom is 0.248 e. The largest absolute Gasteiger partial charge is 0.248 e. The topological polar surface area (TPSA) is 0 Å². The number of unbranched alkanes of at least 4 members (excludes halogenated alkanes) is 2. The highest BCUT2D eigenvalue weighted by Gasteiger charge is 2.29. The Bertz CT molecular complexity index is 190. The van der Waals surface area contributed by atoms with Crippen LogP contribution in [0.1, 0.15) is 85.5 Å². The van der Waals surface area contributed by atoms with Gasteiger partial charge in [-0.25, -0.2) is 8.78 Å². The lowest BCUT2D eigenvalue weighted by Gasteiger charge is -2.20. The molecule has 2 heteroatoms. The average Bonchev–Trinajstić information content (AvgIpc) is 2.27. The van der Waals surface area contributed by atoms with Gasteiger partial charge in [-0.3, -0.25) is 0 Å². The van der Waals surface area contributed by atoms with E-state index in [-0.39, 0.29) is 18.8 Å². The van der Waals surface area contributed by atoms with E-state index in [0.29, 0.717) is 6.42 Å². The number of rotatable bonds is 11. The van der Waals surface area contributed by atoms with Crippen LogP contribution in [0.25, 0.3) is 0 Å². The standard InChI is InChI=1S/C16H32F2/c1-5-12-16(17,18)13-15(4)11-9-7-8-10-14(3)6-2/h14-15H,5-13H2,1-4H3. The van der Waals surface area contributed by atoms with E-state index in [1.54, 1.807) is 0 Å². The molecule has 0 saturated carbocycles. The monoisotopic (exact) mass is 262 g/mol. The summed E-state index contributed by atoms with van der Waals surface area (Å²) in [5.41, 5.74) is 0. The first kappa shape index (κ1) is 17.9. The Kier molecular flexibility index (Phi) is 9.67. The fraction of sp³-hybridized carbons (Fsp3) is 1.00. The summed E-state index contributed by atoms with van der Waals surface area (Å²) in [5.74, 6) is -1.46. The lowest BCUT2D eigenvalue weighted by Crippen LogP contribution is -2.19. The van der Waals surface area contributed by atoms with E-state index in [4.69, 9.17) is 0 Å². The van der Waals surface area contributed by atoms with E-state index in [1.807, 2.05) is 13.8 Å². The molecule has 0 radical (unpaired) electrons. The third-order valence-electron chi connectivity index (χ3n) is 3.85. The summed E-state index contributed by atoms with van der Waals surface area (Å²) < 4.78 is 26.8. The predicted molar refractivity (Wildman–Crippen MR) is 76.2 cm³/mol. The summed E-state index contributed by atoms with van der Waals surface area (Å²) in [7, 11) is 0. The van der Waals surface area contributed by atoms with Gasteiger partial charge in [-0.05, 0) is 11.8 Å². The molecule has 0 saturated heterocycles. The molecule has 0 amide bonds. The van der Waals surface area contributed by atoms with Crippen LogP contribution >= 0.6 is 0 Å². The second-order valence-electron chi connectivity index (χ2n) is 6.07. The molecule has 110 valence electrons. The Balaban J connectivity index is 3.56. The molecular weight excluding hydrogens is 230 g/mol. The Morgan fingerprint density at radius 1 is 0.889 bits per heavy atom. The fourth-order valence-corrected chi connectivity index (χ4v) is 2.45. The molecular formula is C16H32F2. The van der Waals surface area contributed by atoms with Crippen LogP contribution < -0.4 is 0 Å². The summed E-state index contributed by atoms with van der Waals surface area (Å²) in [5, 5.41) is 0. The molecule has 0 rings (SSSR count). The SMILES string of the molecule is CCCC(F)(F)CC(C)CCCCCC(C)CC. The van der Waals surface area contributed by atoms with E-state index in [2.05, 4.69) is 13.8 Å². The summed E-state index contributed by atoms with van der Waals surface area (Å²) in [6.45, 7) is 8.31. The maximum atomic E-state index is 13.4. The van der Waals surface area contributed by atoms with Crippen LogP contribution in [-0.4, -0.2) is 5.92 Å². The summed E-state index contributed by atoms with van der Waals surface area (Å²) in [6.07, 6.45) is 7.77. The van der Waals surface area contributed by atoms with Crippen molar-refractivity contribution < 1.29 is 8.78 Å². The highest BCUT2D eigenvalue weighted by atomic mass is 19.3. The predicted octanol–water partition coefficient (Wildman–Crippen LogP) is 6.44. The number of hydrogen-bond acceptors (Lipinski definition) is 0. The Morgan fingerprint density at radius 3 is 1.94 bits per heavy atom. The van der Waals surface area contributed by atoms with Crippen molar-refractivity contribution in [2.75, 3.05) is 0 Å². The normalized spacial score (nSPS) is 15.7. The quantitative estimate of drug-likeness (QED) is 0.376. The molecule has 0 fully saturated rings. The third kappa shape index (κ3) is 9.85. The molecule has 0 aromatic heterocycles. The molecule has 0 aliphatic carbocycles. The highest BCUT2D eigenvalue weighted by molar-refractivity contribution is 4.69. The van der Waals surface area contributed by atoms with Gasteiger partial charge in [0.05, 0.1) is 0 Å². The van der Waals surface area contributed by atoms with Crippen molar-refractivity contribution in [1.82, 2.24) is 0 Å². The third-order valence-corrected chi connectivity index (χ3v) is 3.85. The Morgan fingerprint density at radius 2 is 1.44 bits per heavy atom. The van der Waals surface area contributed by atoms with Gasteiger partial charge < -0.3 is 0 Å². The van der Waals surface area contributed by atoms with Crippen molar-refractivity contribution in [3.8, 4) is 0 Å². The van der Waals surface area contributed by atoms with Crippen molar-refractivity contribution >= 4 is 0 Å². The van der Waals surface area contributed by atoms with E-state index in [1.165, 1.54) is 25.7 Å². The molecule has 18 heavy (non-hydrogen) atoms. The Hall–Kier alpha value is -0.140. The second kappa shape index (κ2) is 9.75. The molecule has 0 aromatic rings. The molecule has 0 spiro atoms. The number of hydrogen-bond donors (Lipinski definition) is 0. The van der Waals surface area contributed by atoms with Crippen LogP contribution in [0, 0.1) is 11.8 Å². The Labute approximate surface area is 113 Å². The summed E-state index contributed by atoms with van der Waals surface area (Å²) in [4.78, 5) is 0. The summed E-state index contributed by atoms with van der Waals surface area (Å²) in [6, 6.07) is 0. The van der Waals surface area contributed by atoms with E-state index < -0.39 is 5.92 Å². The molecule has 0 aromatic carbocycles. The number of halogens is 2. The minimum Gasteiger partial charge on any atom is -0.207 e. The van der Waals surface area contributed by atoms with Crippen LogP contribution in [0.2, 0.25) is 0 Å². The first-order chi connectivity index (χ1) is 8.41. The van der Waals surface area contributed by atoms with Gasteiger partial charge >= 0.3 is 0 Å². The lowest BCUT2D eigenvalue weighted by molar-refractivity contribution is -0.0305. The summed E-state index contributed by atoms with van der Waals surface area (Å²) >= 11 is 0. The van der Waals surface area contributed by atoms with Gasteiger partial charge in [0.25, 0.3) is 0 Å². The molecule has 0 nitrogen and oxygen atoms in total. The van der Waals surface area contributed by atoms with Crippen LogP contribution in [0.4, 0.5) is 8.78 Å². The minimum atomic E-state index is -2.44. The van der Waals surface area contributed by atoms with Gasteiger partial charge in [-0.1, -0.05) is 72.6 Å². The van der Waals surface area contributed by atoms with Crippen LogP contribution in [0.15, 0.2) is 0 Å².